The molecule has 2 aliphatic carbocycles. The van der Waals surface area contributed by atoms with Crippen molar-refractivity contribution in [2.24, 2.45) is 5.41 Å². The van der Waals surface area contributed by atoms with Crippen molar-refractivity contribution < 1.29 is 0 Å². The van der Waals surface area contributed by atoms with Gasteiger partial charge in [0, 0.05) is 18.1 Å². The molecule has 2 saturated carbocycles. The van der Waals surface area contributed by atoms with Crippen LogP contribution in [0.2, 0.25) is 0 Å². The van der Waals surface area contributed by atoms with Crippen LogP contribution in [0.1, 0.15) is 52.4 Å². The highest BCUT2D eigenvalue weighted by Crippen LogP contribution is 2.39. The molecular weight excluding hydrogens is 196 g/mol. The predicted molar refractivity (Wildman–Crippen MR) is 69.7 cm³/mol. The second-order valence-electron chi connectivity index (χ2n) is 6.46. The van der Waals surface area contributed by atoms with Gasteiger partial charge in [-0.15, -0.1) is 0 Å². The number of likely N-dealkylation sites (N-methyl/N-ethyl adjacent to an activating group) is 2. The molecule has 0 aromatic carbocycles. The summed E-state index contributed by atoms with van der Waals surface area (Å²) in [7, 11) is 4.49. The first kappa shape index (κ1) is 12.4. The SMILES string of the molecule is CNC1C(N(C)C2CCC2)CCCC1(C)C. The van der Waals surface area contributed by atoms with Gasteiger partial charge >= 0.3 is 0 Å². The molecule has 2 aliphatic rings. The molecule has 2 fully saturated rings. The van der Waals surface area contributed by atoms with Gasteiger partial charge in [0.2, 0.25) is 0 Å². The van der Waals surface area contributed by atoms with E-state index in [4.69, 9.17) is 0 Å². The number of rotatable bonds is 3. The molecular formula is C14H28N2. The van der Waals surface area contributed by atoms with Gasteiger partial charge in [-0.05, 0) is 45.2 Å². The molecule has 0 amide bonds. The minimum absolute atomic E-state index is 0.454. The topological polar surface area (TPSA) is 15.3 Å². The minimum Gasteiger partial charge on any atom is -0.315 e. The molecule has 0 saturated heterocycles. The predicted octanol–water partition coefficient (Wildman–Crippen LogP) is 2.64. The van der Waals surface area contributed by atoms with Crippen LogP contribution in [0.3, 0.4) is 0 Å². The summed E-state index contributed by atoms with van der Waals surface area (Å²) in [4.78, 5) is 2.67. The molecule has 16 heavy (non-hydrogen) atoms. The summed E-state index contributed by atoms with van der Waals surface area (Å²) in [6.45, 7) is 4.85. The Morgan fingerprint density at radius 1 is 1.12 bits per heavy atom. The average molecular weight is 224 g/mol. The van der Waals surface area contributed by atoms with E-state index in [1.807, 2.05) is 0 Å². The first-order chi connectivity index (χ1) is 7.56. The fourth-order valence-corrected chi connectivity index (χ4v) is 3.70. The van der Waals surface area contributed by atoms with Crippen molar-refractivity contribution >= 4 is 0 Å². The highest BCUT2D eigenvalue weighted by Gasteiger charge is 2.41. The lowest BCUT2D eigenvalue weighted by molar-refractivity contribution is 0.0212. The average Bonchev–Trinajstić information content (AvgIpc) is 2.13. The van der Waals surface area contributed by atoms with E-state index >= 15 is 0 Å². The molecule has 0 aliphatic heterocycles. The van der Waals surface area contributed by atoms with Gasteiger partial charge in [0.05, 0.1) is 0 Å². The molecule has 0 heterocycles. The van der Waals surface area contributed by atoms with Crippen LogP contribution in [-0.2, 0) is 0 Å². The summed E-state index contributed by atoms with van der Waals surface area (Å²) < 4.78 is 0. The van der Waals surface area contributed by atoms with E-state index in [9.17, 15) is 0 Å². The zero-order valence-corrected chi connectivity index (χ0v) is 11.4. The van der Waals surface area contributed by atoms with E-state index in [1.165, 1.54) is 38.5 Å². The van der Waals surface area contributed by atoms with Crippen molar-refractivity contribution in [3.8, 4) is 0 Å². The van der Waals surface area contributed by atoms with Gasteiger partial charge in [-0.1, -0.05) is 26.7 Å². The van der Waals surface area contributed by atoms with E-state index in [-0.39, 0.29) is 0 Å². The van der Waals surface area contributed by atoms with Gasteiger partial charge in [-0.3, -0.25) is 4.90 Å². The summed E-state index contributed by atoms with van der Waals surface area (Å²) in [6, 6.07) is 2.28. The normalized spacial score (nSPS) is 35.1. The van der Waals surface area contributed by atoms with Gasteiger partial charge in [0.15, 0.2) is 0 Å². The van der Waals surface area contributed by atoms with Crippen molar-refractivity contribution in [1.29, 1.82) is 0 Å². The minimum atomic E-state index is 0.454. The Labute approximate surface area is 101 Å². The van der Waals surface area contributed by atoms with Crippen LogP contribution in [-0.4, -0.2) is 37.1 Å². The fraction of sp³-hybridized carbons (Fsp3) is 1.00. The monoisotopic (exact) mass is 224 g/mol. The van der Waals surface area contributed by atoms with Gasteiger partial charge in [-0.25, -0.2) is 0 Å². The quantitative estimate of drug-likeness (QED) is 0.793. The Morgan fingerprint density at radius 3 is 2.31 bits per heavy atom. The molecule has 1 N–H and O–H groups in total. The lowest BCUT2D eigenvalue weighted by Crippen LogP contribution is -2.59. The second-order valence-corrected chi connectivity index (χ2v) is 6.46. The third-order valence-corrected chi connectivity index (χ3v) is 5.03. The first-order valence-electron chi connectivity index (χ1n) is 6.95. The number of nitrogens with zero attached hydrogens (tertiary/aromatic N) is 1. The molecule has 0 radical (unpaired) electrons. The summed E-state index contributed by atoms with van der Waals surface area (Å²) >= 11 is 0. The highest BCUT2D eigenvalue weighted by atomic mass is 15.2. The Hall–Kier alpha value is -0.0800. The lowest BCUT2D eigenvalue weighted by atomic mass is 9.69. The first-order valence-corrected chi connectivity index (χ1v) is 6.95. The molecule has 94 valence electrons. The third-order valence-electron chi connectivity index (χ3n) is 5.03. The van der Waals surface area contributed by atoms with Crippen LogP contribution in [0.25, 0.3) is 0 Å². The van der Waals surface area contributed by atoms with E-state index in [0.717, 1.165) is 12.1 Å². The molecule has 0 bridgehead atoms. The molecule has 2 unspecified atom stereocenters. The zero-order valence-electron chi connectivity index (χ0n) is 11.4. The summed E-state index contributed by atoms with van der Waals surface area (Å²) in [5, 5.41) is 3.59. The Kier molecular flexibility index (Phi) is 3.60. The molecule has 0 aromatic rings. The van der Waals surface area contributed by atoms with Crippen LogP contribution in [0.4, 0.5) is 0 Å². The molecule has 2 nitrogen and oxygen atoms in total. The number of nitrogens with one attached hydrogen (secondary N) is 1. The summed E-state index contributed by atoms with van der Waals surface area (Å²) in [5.74, 6) is 0. The number of hydrogen-bond acceptors (Lipinski definition) is 2. The van der Waals surface area contributed by atoms with Gasteiger partial charge in [-0.2, -0.15) is 0 Å². The van der Waals surface area contributed by atoms with Crippen molar-refractivity contribution in [2.45, 2.75) is 70.5 Å². The smallest absolute Gasteiger partial charge is 0.0271 e. The molecule has 2 rings (SSSR count). The largest absolute Gasteiger partial charge is 0.315 e. The van der Waals surface area contributed by atoms with Crippen LogP contribution in [0.5, 0.6) is 0 Å². The summed E-state index contributed by atoms with van der Waals surface area (Å²) in [6.07, 6.45) is 8.42. The van der Waals surface area contributed by atoms with Gasteiger partial charge < -0.3 is 5.32 Å². The lowest BCUT2D eigenvalue weighted by Gasteiger charge is -2.50. The van der Waals surface area contributed by atoms with E-state index < -0.39 is 0 Å². The van der Waals surface area contributed by atoms with Crippen LogP contribution in [0, 0.1) is 5.41 Å². The van der Waals surface area contributed by atoms with Gasteiger partial charge in [0.25, 0.3) is 0 Å². The van der Waals surface area contributed by atoms with E-state index in [2.05, 4.69) is 38.2 Å². The highest BCUT2D eigenvalue weighted by molar-refractivity contribution is 4.99. The van der Waals surface area contributed by atoms with Crippen LogP contribution >= 0.6 is 0 Å². The molecule has 0 spiro atoms. The molecule has 2 atom stereocenters. The van der Waals surface area contributed by atoms with Crippen LogP contribution in [0.15, 0.2) is 0 Å². The Balaban J connectivity index is 2.05. The Morgan fingerprint density at radius 2 is 1.81 bits per heavy atom. The fourth-order valence-electron chi connectivity index (χ4n) is 3.70. The third kappa shape index (κ3) is 2.14. The maximum atomic E-state index is 3.59. The summed E-state index contributed by atoms with van der Waals surface area (Å²) in [5.41, 5.74) is 0.454. The molecule has 0 aromatic heterocycles. The van der Waals surface area contributed by atoms with Crippen molar-refractivity contribution in [3.63, 3.8) is 0 Å². The van der Waals surface area contributed by atoms with E-state index in [0.29, 0.717) is 11.5 Å². The maximum Gasteiger partial charge on any atom is 0.0271 e. The van der Waals surface area contributed by atoms with Gasteiger partial charge in [0.1, 0.15) is 0 Å². The zero-order chi connectivity index (χ0) is 11.8. The van der Waals surface area contributed by atoms with E-state index in [1.54, 1.807) is 0 Å². The van der Waals surface area contributed by atoms with Crippen molar-refractivity contribution in [1.82, 2.24) is 10.2 Å². The van der Waals surface area contributed by atoms with Crippen molar-refractivity contribution in [3.05, 3.63) is 0 Å². The standard InChI is InChI=1S/C14H28N2/c1-14(2)10-6-9-12(13(14)15-3)16(4)11-7-5-8-11/h11-13,15H,5-10H2,1-4H3. The van der Waals surface area contributed by atoms with Crippen molar-refractivity contribution in [2.75, 3.05) is 14.1 Å². The number of hydrogen-bond donors (Lipinski definition) is 1. The second kappa shape index (κ2) is 4.66. The Bertz CT molecular complexity index is 233. The van der Waals surface area contributed by atoms with Crippen LogP contribution < -0.4 is 5.32 Å². The maximum absolute atomic E-state index is 3.59. The molecule has 2 heteroatoms.